The van der Waals surface area contributed by atoms with Gasteiger partial charge in [-0.3, -0.25) is 4.90 Å². The van der Waals surface area contributed by atoms with Gasteiger partial charge in [-0.1, -0.05) is 19.4 Å². The van der Waals surface area contributed by atoms with E-state index in [1.807, 2.05) is 37.5 Å². The molecule has 1 aliphatic rings. The van der Waals surface area contributed by atoms with Crippen molar-refractivity contribution in [3.63, 3.8) is 0 Å². The summed E-state index contributed by atoms with van der Waals surface area (Å²) in [6, 6.07) is 13.2. The normalized spacial score (nSPS) is 20.1. The average molecular weight is 525 g/mol. The molecule has 0 radical (unpaired) electrons. The Kier molecular flexibility index (Phi) is 7.13. The molecule has 34 heavy (non-hydrogen) atoms. The zero-order chi connectivity index (χ0) is 24.3. The fourth-order valence-corrected chi connectivity index (χ4v) is 5.75. The fourth-order valence-electron chi connectivity index (χ4n) is 5.20. The summed E-state index contributed by atoms with van der Waals surface area (Å²) in [6.07, 6.45) is 4.92. The van der Waals surface area contributed by atoms with Gasteiger partial charge in [0.25, 0.3) is 0 Å². The number of nitriles is 1. The van der Waals surface area contributed by atoms with Crippen molar-refractivity contribution in [3.05, 3.63) is 52.8 Å². The predicted octanol–water partition coefficient (Wildman–Crippen LogP) is 6.45. The zero-order valence-electron chi connectivity index (χ0n) is 19.5. The van der Waals surface area contributed by atoms with Crippen LogP contribution in [0.3, 0.4) is 0 Å². The maximum absolute atomic E-state index is 12.1. The van der Waals surface area contributed by atoms with E-state index in [4.69, 9.17) is 4.74 Å². The number of hydrogen-bond acceptors (Lipinski definition) is 4. The van der Waals surface area contributed by atoms with E-state index in [0.717, 1.165) is 47.7 Å². The van der Waals surface area contributed by atoms with Crippen LogP contribution in [0, 0.1) is 22.7 Å². The number of benzene rings is 2. The van der Waals surface area contributed by atoms with Gasteiger partial charge >= 0.3 is 6.09 Å². The molecule has 2 atom stereocenters. The second-order valence-corrected chi connectivity index (χ2v) is 10.3. The van der Waals surface area contributed by atoms with Crippen molar-refractivity contribution in [2.45, 2.75) is 46.1 Å². The maximum Gasteiger partial charge on any atom is 0.411 e. The minimum Gasteiger partial charge on any atom is -0.494 e. The minimum atomic E-state index is -0.949. The van der Waals surface area contributed by atoms with Gasteiger partial charge in [0.2, 0.25) is 0 Å². The number of imidazole rings is 1. The molecule has 0 spiro atoms. The van der Waals surface area contributed by atoms with Crippen molar-refractivity contribution in [1.29, 1.82) is 5.26 Å². The number of halogens is 1. The lowest BCUT2D eigenvalue weighted by atomic mass is 9.70. The summed E-state index contributed by atoms with van der Waals surface area (Å²) in [7, 11) is 0. The molecule has 1 N–H and O–H groups in total. The van der Waals surface area contributed by atoms with Crippen molar-refractivity contribution < 1.29 is 14.6 Å². The van der Waals surface area contributed by atoms with E-state index in [1.165, 1.54) is 4.90 Å². The molecule has 8 heteroatoms. The van der Waals surface area contributed by atoms with Crippen LogP contribution in [0.4, 0.5) is 10.5 Å². The number of hydrogen-bond donors (Lipinski definition) is 1. The Bertz CT molecular complexity index is 1230. The van der Waals surface area contributed by atoms with Crippen LogP contribution in [-0.2, 0) is 6.54 Å². The predicted molar refractivity (Wildman–Crippen MR) is 135 cm³/mol. The number of fused-ring (bicyclic) bond motifs is 1. The first-order chi connectivity index (χ1) is 16.3. The first-order valence-electron chi connectivity index (χ1n) is 11.6. The van der Waals surface area contributed by atoms with Gasteiger partial charge in [0.15, 0.2) is 0 Å². The van der Waals surface area contributed by atoms with Crippen LogP contribution in [0.15, 0.2) is 47.2 Å². The molecule has 0 bridgehead atoms. The van der Waals surface area contributed by atoms with Gasteiger partial charge in [-0.2, -0.15) is 5.26 Å². The van der Waals surface area contributed by atoms with Crippen LogP contribution in [0.25, 0.3) is 11.0 Å². The average Bonchev–Trinajstić information content (AvgIpc) is 3.20. The number of anilines is 1. The minimum absolute atomic E-state index is 0.00299. The summed E-state index contributed by atoms with van der Waals surface area (Å²) in [4.78, 5) is 18.1. The Morgan fingerprint density at radius 1 is 1.41 bits per heavy atom. The van der Waals surface area contributed by atoms with Crippen molar-refractivity contribution in [2.75, 3.05) is 18.1 Å². The first-order valence-corrected chi connectivity index (χ1v) is 12.4. The highest BCUT2D eigenvalue weighted by molar-refractivity contribution is 9.10. The molecular formula is C26H29BrN4O3. The molecule has 2 unspecified atom stereocenters. The summed E-state index contributed by atoms with van der Waals surface area (Å²) in [5.74, 6) is 0.927. The zero-order valence-corrected chi connectivity index (χ0v) is 21.1. The third-order valence-electron chi connectivity index (χ3n) is 6.65. The Labute approximate surface area is 208 Å². The van der Waals surface area contributed by atoms with E-state index in [2.05, 4.69) is 38.5 Å². The van der Waals surface area contributed by atoms with Crippen LogP contribution >= 0.6 is 15.9 Å². The SMILES string of the molecule is CCOc1cccc(N(CC2CCCC(C)(Cn3cnc4c(Br)cc(C#N)cc43)C2)C(=O)O)c1. The highest BCUT2D eigenvalue weighted by Gasteiger charge is 2.34. The lowest BCUT2D eigenvalue weighted by Gasteiger charge is -2.40. The summed E-state index contributed by atoms with van der Waals surface area (Å²) in [6.45, 7) is 5.94. The maximum atomic E-state index is 12.1. The molecule has 178 valence electrons. The molecule has 1 heterocycles. The van der Waals surface area contributed by atoms with E-state index in [-0.39, 0.29) is 11.3 Å². The topological polar surface area (TPSA) is 91.4 Å². The van der Waals surface area contributed by atoms with Gasteiger partial charge in [0.05, 0.1) is 35.8 Å². The number of ether oxygens (including phenoxy) is 1. The van der Waals surface area contributed by atoms with Crippen LogP contribution in [-0.4, -0.2) is 33.9 Å². The third-order valence-corrected chi connectivity index (χ3v) is 7.25. The summed E-state index contributed by atoms with van der Waals surface area (Å²) in [5.41, 5.74) is 3.03. The second kappa shape index (κ2) is 10.1. The fraction of sp³-hybridized carbons (Fsp3) is 0.423. The Hall–Kier alpha value is -3.05. The number of nitrogens with zero attached hydrogens (tertiary/aromatic N) is 4. The lowest BCUT2D eigenvalue weighted by Crippen LogP contribution is -2.39. The van der Waals surface area contributed by atoms with E-state index in [9.17, 15) is 15.2 Å². The Morgan fingerprint density at radius 3 is 2.97 bits per heavy atom. The van der Waals surface area contributed by atoms with Gasteiger partial charge in [-0.05, 0) is 77.7 Å². The molecular weight excluding hydrogens is 496 g/mol. The van der Waals surface area contributed by atoms with Crippen LogP contribution in [0.1, 0.15) is 45.1 Å². The summed E-state index contributed by atoms with van der Waals surface area (Å²) in [5, 5.41) is 19.3. The van der Waals surface area contributed by atoms with Gasteiger partial charge in [-0.25, -0.2) is 9.78 Å². The molecule has 2 aromatic carbocycles. The molecule has 1 amide bonds. The van der Waals surface area contributed by atoms with Crippen LogP contribution in [0.5, 0.6) is 5.75 Å². The molecule has 0 saturated heterocycles. The number of aromatic nitrogens is 2. The highest BCUT2D eigenvalue weighted by atomic mass is 79.9. The van der Waals surface area contributed by atoms with E-state index in [0.29, 0.717) is 30.2 Å². The van der Waals surface area contributed by atoms with E-state index >= 15 is 0 Å². The van der Waals surface area contributed by atoms with Gasteiger partial charge in [0.1, 0.15) is 11.3 Å². The van der Waals surface area contributed by atoms with Gasteiger partial charge in [-0.15, -0.1) is 0 Å². The van der Waals surface area contributed by atoms with Crippen LogP contribution < -0.4 is 9.64 Å². The van der Waals surface area contributed by atoms with E-state index < -0.39 is 6.09 Å². The molecule has 1 aliphatic carbocycles. The van der Waals surface area contributed by atoms with Crippen LogP contribution in [0.2, 0.25) is 0 Å². The number of amides is 1. The molecule has 3 aromatic rings. The number of carbonyl (C=O) groups is 1. The van der Waals surface area contributed by atoms with Crippen molar-refractivity contribution in [1.82, 2.24) is 9.55 Å². The van der Waals surface area contributed by atoms with Crippen molar-refractivity contribution in [3.8, 4) is 11.8 Å². The lowest BCUT2D eigenvalue weighted by molar-refractivity contribution is 0.136. The summed E-state index contributed by atoms with van der Waals surface area (Å²) < 4.78 is 8.51. The Morgan fingerprint density at radius 2 is 2.24 bits per heavy atom. The van der Waals surface area contributed by atoms with Gasteiger partial charge < -0.3 is 14.4 Å². The first kappa shape index (κ1) is 24.1. The molecule has 0 aliphatic heterocycles. The van der Waals surface area contributed by atoms with Gasteiger partial charge in [0, 0.05) is 23.6 Å². The van der Waals surface area contributed by atoms with Crippen molar-refractivity contribution in [2.24, 2.45) is 11.3 Å². The second-order valence-electron chi connectivity index (χ2n) is 9.41. The largest absolute Gasteiger partial charge is 0.494 e. The molecule has 1 aromatic heterocycles. The highest BCUT2D eigenvalue weighted by Crippen LogP contribution is 2.42. The molecule has 1 fully saturated rings. The standard InChI is InChI=1S/C26H29BrN4O3/c1-3-34-21-8-4-7-20(12-21)31(25(32)33)15-18-6-5-9-26(2,13-18)16-30-17-29-24-22(27)10-19(14-28)11-23(24)30/h4,7-8,10-12,17-18H,3,5-6,9,13,15-16H2,1-2H3,(H,32,33). The third kappa shape index (κ3) is 5.20. The molecule has 1 saturated carbocycles. The monoisotopic (exact) mass is 524 g/mol. The molecule has 7 nitrogen and oxygen atoms in total. The smallest absolute Gasteiger partial charge is 0.411 e. The Balaban J connectivity index is 1.53. The van der Waals surface area contributed by atoms with Crippen molar-refractivity contribution >= 4 is 38.7 Å². The quantitative estimate of drug-likeness (QED) is 0.383. The van der Waals surface area contributed by atoms with E-state index in [1.54, 1.807) is 12.1 Å². The number of carboxylic acid groups (broad SMARTS) is 1. The molecule has 4 rings (SSSR count). The summed E-state index contributed by atoms with van der Waals surface area (Å²) >= 11 is 3.53. The number of rotatable bonds is 7.